The first-order valence-electron chi connectivity index (χ1n) is 10.4. The second kappa shape index (κ2) is 8.47. The predicted molar refractivity (Wildman–Crippen MR) is 118 cm³/mol. The van der Waals surface area contributed by atoms with Gasteiger partial charge in [-0.05, 0) is 43.5 Å². The standard InChI is InChI=1S/C23H23N5O2S/c1-16-21(31-15-25-16)8-11-30-19-5-2-4-17(12-19)14-27(18-6-7-18)23(29)20-13-26-28-10-3-9-24-22(20)28/h2-5,9-10,12-13,15,18H,6-8,11,14H2,1H3. The van der Waals surface area contributed by atoms with Gasteiger partial charge in [0.15, 0.2) is 5.65 Å². The maximum atomic E-state index is 13.3. The summed E-state index contributed by atoms with van der Waals surface area (Å²) in [4.78, 5) is 25.1. The summed E-state index contributed by atoms with van der Waals surface area (Å²) in [7, 11) is 0. The molecule has 0 unspecified atom stereocenters. The number of amides is 1. The molecule has 3 aromatic heterocycles. The van der Waals surface area contributed by atoms with Crippen LogP contribution in [0, 0.1) is 6.92 Å². The van der Waals surface area contributed by atoms with Gasteiger partial charge in [0.2, 0.25) is 0 Å². The SMILES string of the molecule is Cc1ncsc1CCOc1cccc(CN(C(=O)c2cnn3cccnc23)C2CC2)c1. The first-order valence-corrected chi connectivity index (χ1v) is 11.3. The van der Waals surface area contributed by atoms with E-state index in [1.165, 1.54) is 4.88 Å². The van der Waals surface area contributed by atoms with Gasteiger partial charge in [0, 0.05) is 36.3 Å². The highest BCUT2D eigenvalue weighted by Crippen LogP contribution is 2.31. The molecular formula is C23H23N5O2S. The Morgan fingerprint density at radius 1 is 1.29 bits per heavy atom. The molecule has 3 heterocycles. The molecule has 0 bridgehead atoms. The molecule has 1 aliphatic rings. The van der Waals surface area contributed by atoms with Crippen molar-refractivity contribution in [2.45, 2.75) is 38.8 Å². The average molecular weight is 434 g/mol. The number of ether oxygens (including phenoxy) is 1. The number of rotatable bonds is 8. The van der Waals surface area contributed by atoms with Crippen molar-refractivity contribution in [2.24, 2.45) is 0 Å². The van der Waals surface area contributed by atoms with Gasteiger partial charge >= 0.3 is 0 Å². The topological polar surface area (TPSA) is 72.6 Å². The monoisotopic (exact) mass is 433 g/mol. The van der Waals surface area contributed by atoms with Crippen LogP contribution in [0.25, 0.3) is 5.65 Å². The molecule has 1 amide bonds. The molecule has 0 aliphatic heterocycles. The Balaban J connectivity index is 1.29. The van der Waals surface area contributed by atoms with Crippen molar-refractivity contribution in [3.63, 3.8) is 0 Å². The van der Waals surface area contributed by atoms with Gasteiger partial charge < -0.3 is 9.64 Å². The molecule has 8 heteroatoms. The van der Waals surface area contributed by atoms with E-state index in [4.69, 9.17) is 4.74 Å². The number of hydrogen-bond donors (Lipinski definition) is 0. The lowest BCUT2D eigenvalue weighted by Gasteiger charge is -2.22. The van der Waals surface area contributed by atoms with Gasteiger partial charge in [0.25, 0.3) is 5.91 Å². The molecule has 0 N–H and O–H groups in total. The van der Waals surface area contributed by atoms with E-state index in [0.29, 0.717) is 24.4 Å². The lowest BCUT2D eigenvalue weighted by molar-refractivity contribution is 0.0731. The van der Waals surface area contributed by atoms with E-state index >= 15 is 0 Å². The fourth-order valence-electron chi connectivity index (χ4n) is 3.64. The van der Waals surface area contributed by atoms with Gasteiger partial charge in [-0.2, -0.15) is 5.10 Å². The fourth-order valence-corrected chi connectivity index (χ4v) is 4.41. The third-order valence-corrected chi connectivity index (χ3v) is 6.45. The van der Waals surface area contributed by atoms with Crippen LogP contribution in [0.5, 0.6) is 5.75 Å². The van der Waals surface area contributed by atoms with Crippen LogP contribution in [0.2, 0.25) is 0 Å². The summed E-state index contributed by atoms with van der Waals surface area (Å²) in [6.45, 7) is 3.17. The Kier molecular flexibility index (Phi) is 5.38. The second-order valence-electron chi connectivity index (χ2n) is 7.72. The van der Waals surface area contributed by atoms with Gasteiger partial charge in [-0.3, -0.25) is 4.79 Å². The summed E-state index contributed by atoms with van der Waals surface area (Å²) >= 11 is 1.66. The summed E-state index contributed by atoms with van der Waals surface area (Å²) in [5.41, 5.74) is 5.13. The summed E-state index contributed by atoms with van der Waals surface area (Å²) < 4.78 is 7.61. The highest BCUT2D eigenvalue weighted by Gasteiger charge is 2.34. The molecule has 31 heavy (non-hydrogen) atoms. The number of aryl methyl sites for hydroxylation is 1. The van der Waals surface area contributed by atoms with Crippen molar-refractivity contribution in [3.05, 3.63) is 76.1 Å². The molecule has 5 rings (SSSR count). The highest BCUT2D eigenvalue weighted by molar-refractivity contribution is 7.09. The van der Waals surface area contributed by atoms with E-state index in [2.05, 4.69) is 15.1 Å². The van der Waals surface area contributed by atoms with Crippen LogP contribution in [0.15, 0.2) is 54.4 Å². The zero-order chi connectivity index (χ0) is 21.2. The maximum Gasteiger partial charge on any atom is 0.259 e. The van der Waals surface area contributed by atoms with Crippen LogP contribution < -0.4 is 4.74 Å². The quantitative estimate of drug-likeness (QED) is 0.421. The molecule has 7 nitrogen and oxygen atoms in total. The molecule has 1 aromatic carbocycles. The van der Waals surface area contributed by atoms with E-state index in [0.717, 1.165) is 36.3 Å². The number of thiazole rings is 1. The zero-order valence-corrected chi connectivity index (χ0v) is 18.1. The summed E-state index contributed by atoms with van der Waals surface area (Å²) in [5.74, 6) is 0.795. The third-order valence-electron chi connectivity index (χ3n) is 5.45. The second-order valence-corrected chi connectivity index (χ2v) is 8.66. The minimum Gasteiger partial charge on any atom is -0.493 e. The van der Waals surface area contributed by atoms with Gasteiger partial charge in [-0.15, -0.1) is 11.3 Å². The number of benzene rings is 1. The predicted octanol–water partition coefficient (Wildman–Crippen LogP) is 3.92. The van der Waals surface area contributed by atoms with E-state index in [1.54, 1.807) is 40.5 Å². The molecular weight excluding hydrogens is 410 g/mol. The summed E-state index contributed by atoms with van der Waals surface area (Å²) in [6.07, 6.45) is 8.00. The van der Waals surface area contributed by atoms with Crippen LogP contribution in [-0.4, -0.2) is 43.0 Å². The Morgan fingerprint density at radius 2 is 2.19 bits per heavy atom. The molecule has 158 valence electrons. The number of hydrogen-bond acceptors (Lipinski definition) is 6. The van der Waals surface area contributed by atoms with Crippen LogP contribution in [0.3, 0.4) is 0 Å². The van der Waals surface area contributed by atoms with Crippen molar-refractivity contribution < 1.29 is 9.53 Å². The minimum absolute atomic E-state index is 0.0248. The van der Waals surface area contributed by atoms with E-state index in [-0.39, 0.29) is 11.9 Å². The molecule has 1 saturated carbocycles. The number of carbonyl (C=O) groups is 1. The van der Waals surface area contributed by atoms with Gasteiger partial charge in [0.1, 0.15) is 11.3 Å². The number of aromatic nitrogens is 4. The first kappa shape index (κ1) is 19.7. The summed E-state index contributed by atoms with van der Waals surface area (Å²) in [6, 6.07) is 10.1. The van der Waals surface area contributed by atoms with Gasteiger partial charge in [0.05, 0.1) is 24.0 Å². The fraction of sp³-hybridized carbons (Fsp3) is 0.304. The Morgan fingerprint density at radius 3 is 3.00 bits per heavy atom. The van der Waals surface area contributed by atoms with Crippen molar-refractivity contribution in [1.82, 2.24) is 24.5 Å². The lowest BCUT2D eigenvalue weighted by atomic mass is 10.1. The molecule has 0 saturated heterocycles. The van der Waals surface area contributed by atoms with Gasteiger partial charge in [-0.1, -0.05) is 12.1 Å². The van der Waals surface area contributed by atoms with E-state index < -0.39 is 0 Å². The normalized spacial score (nSPS) is 13.5. The van der Waals surface area contributed by atoms with E-state index in [1.807, 2.05) is 41.6 Å². The Bertz CT molecular complexity index is 1210. The van der Waals surface area contributed by atoms with E-state index in [9.17, 15) is 4.79 Å². The Labute approximate surface area is 184 Å². The summed E-state index contributed by atoms with van der Waals surface area (Å²) in [5, 5.41) is 4.27. The minimum atomic E-state index is -0.0248. The molecule has 1 aliphatic carbocycles. The molecule has 0 radical (unpaired) electrons. The zero-order valence-electron chi connectivity index (χ0n) is 17.3. The molecule has 0 atom stereocenters. The van der Waals surface area contributed by atoms with Crippen molar-refractivity contribution in [3.8, 4) is 5.75 Å². The molecule has 0 spiro atoms. The number of carbonyl (C=O) groups excluding carboxylic acids is 1. The molecule has 1 fully saturated rings. The average Bonchev–Trinajstić information content (AvgIpc) is 3.41. The lowest BCUT2D eigenvalue weighted by Crippen LogP contribution is -2.32. The smallest absolute Gasteiger partial charge is 0.259 e. The van der Waals surface area contributed by atoms with Gasteiger partial charge in [-0.25, -0.2) is 14.5 Å². The van der Waals surface area contributed by atoms with Crippen LogP contribution in [0.1, 0.15) is 39.3 Å². The van der Waals surface area contributed by atoms with Crippen LogP contribution in [-0.2, 0) is 13.0 Å². The first-order chi connectivity index (χ1) is 15.2. The largest absolute Gasteiger partial charge is 0.493 e. The number of fused-ring (bicyclic) bond motifs is 1. The van der Waals surface area contributed by atoms with Crippen LogP contribution >= 0.6 is 11.3 Å². The van der Waals surface area contributed by atoms with Crippen LogP contribution in [0.4, 0.5) is 0 Å². The van der Waals surface area contributed by atoms with Crippen molar-refractivity contribution in [1.29, 1.82) is 0 Å². The highest BCUT2D eigenvalue weighted by atomic mass is 32.1. The van der Waals surface area contributed by atoms with Crippen molar-refractivity contribution in [2.75, 3.05) is 6.61 Å². The maximum absolute atomic E-state index is 13.3. The third kappa shape index (κ3) is 4.29. The van der Waals surface area contributed by atoms with Crippen molar-refractivity contribution >= 4 is 22.9 Å². The molecule has 4 aromatic rings. The Hall–Kier alpha value is -3.26. The number of nitrogens with zero attached hydrogens (tertiary/aromatic N) is 5.